The molecular weight excluding hydrogens is 274 g/mol. The van der Waals surface area contributed by atoms with Gasteiger partial charge in [-0.05, 0) is 26.0 Å². The number of amides is 3. The number of carbonyl (C=O) groups is 2. The van der Waals surface area contributed by atoms with Crippen LogP contribution >= 0.6 is 0 Å². The van der Waals surface area contributed by atoms with Crippen LogP contribution in [0.4, 0.5) is 4.79 Å². The smallest absolute Gasteiger partial charge is 0.321 e. The molecule has 1 fully saturated rings. The van der Waals surface area contributed by atoms with Gasteiger partial charge in [0, 0.05) is 13.1 Å². The molecule has 2 atom stereocenters. The molecule has 1 aromatic heterocycles. The molecule has 2 heterocycles. The number of nitrogens with one attached hydrogen (secondary N) is 2. The molecule has 1 saturated heterocycles. The lowest BCUT2D eigenvalue weighted by Crippen LogP contribution is -2.50. The summed E-state index contributed by atoms with van der Waals surface area (Å²) in [6.07, 6.45) is 1.71. The minimum absolute atomic E-state index is 0.0920. The van der Waals surface area contributed by atoms with E-state index in [9.17, 15) is 9.59 Å². The number of furan rings is 1. The molecule has 7 heteroatoms. The molecule has 1 aromatic rings. The van der Waals surface area contributed by atoms with Gasteiger partial charge < -0.3 is 14.5 Å². The molecular formula is C14H21N3O4. The Hall–Kier alpha value is -1.86. The second kappa shape index (κ2) is 7.24. The van der Waals surface area contributed by atoms with Crippen molar-refractivity contribution in [3.63, 3.8) is 0 Å². The van der Waals surface area contributed by atoms with Crippen molar-refractivity contribution in [3.05, 3.63) is 24.2 Å². The predicted molar refractivity (Wildman–Crippen MR) is 75.5 cm³/mol. The van der Waals surface area contributed by atoms with Crippen molar-refractivity contribution in [2.75, 3.05) is 19.6 Å². The highest BCUT2D eigenvalue weighted by Crippen LogP contribution is 2.09. The van der Waals surface area contributed by atoms with E-state index in [1.807, 2.05) is 18.7 Å². The van der Waals surface area contributed by atoms with Gasteiger partial charge in [0.2, 0.25) is 5.91 Å². The standard InChI is InChI=1S/C14H21N3O4/c1-10-7-17(8-11(2)21-10)9-13(18)16-14(19)15-6-12-4-3-5-20-12/h3-5,10-11H,6-9H2,1-2H3,(H2,15,16,18,19)/t10-,11+. The number of hydrogen-bond acceptors (Lipinski definition) is 5. The Kier molecular flexibility index (Phi) is 5.35. The lowest BCUT2D eigenvalue weighted by atomic mass is 10.2. The fourth-order valence-electron chi connectivity index (χ4n) is 2.41. The van der Waals surface area contributed by atoms with Gasteiger partial charge in [-0.25, -0.2) is 4.79 Å². The molecule has 0 aliphatic carbocycles. The second-order valence-corrected chi connectivity index (χ2v) is 5.26. The van der Waals surface area contributed by atoms with E-state index in [0.29, 0.717) is 18.8 Å². The highest BCUT2D eigenvalue weighted by molar-refractivity contribution is 5.95. The van der Waals surface area contributed by atoms with Gasteiger partial charge in [-0.15, -0.1) is 0 Å². The van der Waals surface area contributed by atoms with E-state index in [0.717, 1.165) is 0 Å². The Bertz CT molecular complexity index is 465. The van der Waals surface area contributed by atoms with Gasteiger partial charge >= 0.3 is 6.03 Å². The predicted octanol–water partition coefficient (Wildman–Crippen LogP) is 0.715. The Balaban J connectivity index is 1.69. The first-order valence-corrected chi connectivity index (χ1v) is 7.01. The number of morpholine rings is 1. The summed E-state index contributed by atoms with van der Waals surface area (Å²) in [5.41, 5.74) is 0. The maximum Gasteiger partial charge on any atom is 0.321 e. The summed E-state index contributed by atoms with van der Waals surface area (Å²) < 4.78 is 10.7. The first-order chi connectivity index (χ1) is 10.0. The van der Waals surface area contributed by atoms with Crippen LogP contribution in [-0.4, -0.2) is 48.7 Å². The van der Waals surface area contributed by atoms with Gasteiger partial charge in [-0.2, -0.15) is 0 Å². The zero-order chi connectivity index (χ0) is 15.2. The van der Waals surface area contributed by atoms with E-state index >= 15 is 0 Å². The third kappa shape index (κ3) is 5.20. The van der Waals surface area contributed by atoms with E-state index in [1.54, 1.807) is 12.1 Å². The average Bonchev–Trinajstić information content (AvgIpc) is 2.87. The summed E-state index contributed by atoms with van der Waals surface area (Å²) in [6.45, 7) is 5.74. The summed E-state index contributed by atoms with van der Waals surface area (Å²) in [6, 6.07) is 2.96. The minimum Gasteiger partial charge on any atom is -0.467 e. The Morgan fingerprint density at radius 2 is 2.05 bits per heavy atom. The lowest BCUT2D eigenvalue weighted by Gasteiger charge is -2.34. The van der Waals surface area contributed by atoms with Crippen LogP contribution < -0.4 is 10.6 Å². The maximum atomic E-state index is 11.8. The van der Waals surface area contributed by atoms with Crippen molar-refractivity contribution in [2.24, 2.45) is 0 Å². The van der Waals surface area contributed by atoms with Crippen LogP contribution in [0.2, 0.25) is 0 Å². The molecule has 0 radical (unpaired) electrons. The molecule has 0 spiro atoms. The van der Waals surface area contributed by atoms with Crippen LogP contribution in [0.1, 0.15) is 19.6 Å². The van der Waals surface area contributed by atoms with Gasteiger partial charge in [0.05, 0.1) is 31.6 Å². The fraction of sp³-hybridized carbons (Fsp3) is 0.571. The van der Waals surface area contributed by atoms with Crippen molar-refractivity contribution < 1.29 is 18.7 Å². The van der Waals surface area contributed by atoms with Crippen molar-refractivity contribution in [2.45, 2.75) is 32.6 Å². The summed E-state index contributed by atoms with van der Waals surface area (Å²) >= 11 is 0. The van der Waals surface area contributed by atoms with Gasteiger partial charge in [0.1, 0.15) is 5.76 Å². The number of imide groups is 1. The average molecular weight is 295 g/mol. The van der Waals surface area contributed by atoms with Crippen LogP contribution in [0.15, 0.2) is 22.8 Å². The van der Waals surface area contributed by atoms with Gasteiger partial charge in [0.25, 0.3) is 0 Å². The van der Waals surface area contributed by atoms with E-state index in [4.69, 9.17) is 9.15 Å². The second-order valence-electron chi connectivity index (χ2n) is 5.26. The van der Waals surface area contributed by atoms with Gasteiger partial charge in [-0.1, -0.05) is 0 Å². The highest BCUT2D eigenvalue weighted by Gasteiger charge is 2.24. The minimum atomic E-state index is -0.522. The normalized spacial score (nSPS) is 22.8. The van der Waals surface area contributed by atoms with Crippen LogP contribution in [0.5, 0.6) is 0 Å². The lowest BCUT2D eigenvalue weighted by molar-refractivity contribution is -0.124. The summed E-state index contributed by atoms with van der Waals surface area (Å²) in [7, 11) is 0. The Morgan fingerprint density at radius 3 is 2.67 bits per heavy atom. The van der Waals surface area contributed by atoms with Crippen molar-refractivity contribution >= 4 is 11.9 Å². The van der Waals surface area contributed by atoms with E-state index in [1.165, 1.54) is 6.26 Å². The zero-order valence-electron chi connectivity index (χ0n) is 12.3. The first kappa shape index (κ1) is 15.5. The highest BCUT2D eigenvalue weighted by atomic mass is 16.5. The fourth-order valence-corrected chi connectivity index (χ4v) is 2.41. The Morgan fingerprint density at radius 1 is 1.33 bits per heavy atom. The number of ether oxygens (including phenoxy) is 1. The quantitative estimate of drug-likeness (QED) is 0.855. The first-order valence-electron chi connectivity index (χ1n) is 7.01. The van der Waals surface area contributed by atoms with Crippen LogP contribution in [-0.2, 0) is 16.1 Å². The number of urea groups is 1. The molecule has 0 aromatic carbocycles. The number of hydrogen-bond donors (Lipinski definition) is 2. The molecule has 0 saturated carbocycles. The van der Waals surface area contributed by atoms with Gasteiger partial charge in [0.15, 0.2) is 0 Å². The topological polar surface area (TPSA) is 83.8 Å². The third-order valence-electron chi connectivity index (χ3n) is 3.12. The molecule has 2 rings (SSSR count). The number of carbonyl (C=O) groups excluding carboxylic acids is 2. The van der Waals surface area contributed by atoms with Crippen molar-refractivity contribution in [3.8, 4) is 0 Å². The van der Waals surface area contributed by atoms with Crippen LogP contribution in [0.3, 0.4) is 0 Å². The number of nitrogens with zero attached hydrogens (tertiary/aromatic N) is 1. The van der Waals surface area contributed by atoms with Crippen LogP contribution in [0, 0.1) is 0 Å². The third-order valence-corrected chi connectivity index (χ3v) is 3.12. The molecule has 0 bridgehead atoms. The van der Waals surface area contributed by atoms with Crippen LogP contribution in [0.25, 0.3) is 0 Å². The molecule has 1 aliphatic heterocycles. The van der Waals surface area contributed by atoms with E-state index in [-0.39, 0.29) is 31.2 Å². The monoisotopic (exact) mass is 295 g/mol. The molecule has 7 nitrogen and oxygen atoms in total. The van der Waals surface area contributed by atoms with Crippen molar-refractivity contribution in [1.29, 1.82) is 0 Å². The van der Waals surface area contributed by atoms with E-state index in [2.05, 4.69) is 10.6 Å². The van der Waals surface area contributed by atoms with E-state index < -0.39 is 6.03 Å². The number of rotatable bonds is 4. The Labute approximate surface area is 123 Å². The zero-order valence-corrected chi connectivity index (χ0v) is 12.3. The van der Waals surface area contributed by atoms with Crippen molar-refractivity contribution in [1.82, 2.24) is 15.5 Å². The molecule has 3 amide bonds. The largest absolute Gasteiger partial charge is 0.467 e. The summed E-state index contributed by atoms with van der Waals surface area (Å²) in [5, 5.41) is 4.87. The SMILES string of the molecule is C[C@@H]1CN(CC(=O)NC(=O)NCc2ccco2)C[C@H](C)O1. The maximum absolute atomic E-state index is 11.8. The molecule has 0 unspecified atom stereocenters. The molecule has 116 valence electrons. The molecule has 2 N–H and O–H groups in total. The summed E-state index contributed by atoms with van der Waals surface area (Å²) in [4.78, 5) is 25.4. The molecule has 1 aliphatic rings. The summed E-state index contributed by atoms with van der Waals surface area (Å²) in [5.74, 6) is 0.307. The van der Waals surface area contributed by atoms with Gasteiger partial charge in [-0.3, -0.25) is 15.0 Å². The molecule has 21 heavy (non-hydrogen) atoms.